The van der Waals surface area contributed by atoms with E-state index in [1.54, 1.807) is 36.5 Å². The van der Waals surface area contributed by atoms with Crippen LogP contribution in [0.15, 0.2) is 53.7 Å². The Labute approximate surface area is 119 Å². The number of Topliss-reactive ketones (excluding diaryl/α,β-unsaturated/α-hetero) is 1. The van der Waals surface area contributed by atoms with E-state index in [2.05, 4.69) is 5.10 Å². The van der Waals surface area contributed by atoms with Crippen molar-refractivity contribution in [3.05, 3.63) is 69.9 Å². The summed E-state index contributed by atoms with van der Waals surface area (Å²) in [6.45, 7) is -0.0513. The minimum absolute atomic E-state index is 0.0513. The summed E-state index contributed by atoms with van der Waals surface area (Å²) in [6, 6.07) is 8.40. The zero-order valence-electron chi connectivity index (χ0n) is 10.4. The lowest BCUT2D eigenvalue weighted by Crippen LogP contribution is -2.25. The summed E-state index contributed by atoms with van der Waals surface area (Å²) in [5.41, 5.74) is 0.583. The lowest BCUT2D eigenvalue weighted by molar-refractivity contribution is 0.0971. The van der Waals surface area contributed by atoms with Gasteiger partial charge in [0.2, 0.25) is 0 Å². The van der Waals surface area contributed by atoms with E-state index in [1.165, 1.54) is 21.5 Å². The van der Waals surface area contributed by atoms with Crippen LogP contribution in [-0.4, -0.2) is 20.0 Å². The molecule has 0 fully saturated rings. The Morgan fingerprint density at radius 3 is 2.80 bits per heavy atom. The van der Waals surface area contributed by atoms with Crippen LogP contribution in [0.5, 0.6) is 0 Å². The number of rotatable bonds is 3. The molecule has 2 aromatic heterocycles. The van der Waals surface area contributed by atoms with Crippen molar-refractivity contribution in [2.24, 2.45) is 0 Å². The first-order valence-corrected chi connectivity index (χ1v) is 6.35. The number of hydrogen-bond donors (Lipinski definition) is 0. The van der Waals surface area contributed by atoms with Crippen LogP contribution in [0.4, 0.5) is 0 Å². The molecule has 100 valence electrons. The number of carbonyl (C=O) groups excluding carboxylic acids is 1. The van der Waals surface area contributed by atoms with Crippen molar-refractivity contribution in [1.29, 1.82) is 0 Å². The zero-order valence-corrected chi connectivity index (χ0v) is 11.1. The average molecular weight is 288 g/mol. The van der Waals surface area contributed by atoms with E-state index in [-0.39, 0.29) is 17.9 Å². The monoisotopic (exact) mass is 287 g/mol. The second kappa shape index (κ2) is 4.94. The molecule has 6 heteroatoms. The largest absolute Gasteiger partial charge is 0.304 e. The van der Waals surface area contributed by atoms with Gasteiger partial charge in [-0.15, -0.1) is 0 Å². The van der Waals surface area contributed by atoms with Gasteiger partial charge < -0.3 is 4.57 Å². The molecule has 3 rings (SSSR count). The first kappa shape index (κ1) is 12.6. The number of halogens is 1. The van der Waals surface area contributed by atoms with E-state index in [9.17, 15) is 9.59 Å². The van der Waals surface area contributed by atoms with E-state index in [4.69, 9.17) is 11.6 Å². The first-order chi connectivity index (χ1) is 9.66. The number of carbonyl (C=O) groups is 1. The van der Waals surface area contributed by atoms with Gasteiger partial charge in [0.05, 0.1) is 17.8 Å². The average Bonchev–Trinajstić information content (AvgIpc) is 2.91. The van der Waals surface area contributed by atoms with E-state index in [0.717, 1.165) is 0 Å². The van der Waals surface area contributed by atoms with Crippen molar-refractivity contribution in [3.8, 4) is 0 Å². The molecule has 0 atom stereocenters. The molecule has 0 amide bonds. The molecule has 0 bridgehead atoms. The fraction of sp³-hybridized carbons (Fsp3) is 0.0714. The third kappa shape index (κ3) is 2.12. The van der Waals surface area contributed by atoms with Gasteiger partial charge in [0.1, 0.15) is 5.52 Å². The van der Waals surface area contributed by atoms with Gasteiger partial charge in [0, 0.05) is 18.0 Å². The second-order valence-electron chi connectivity index (χ2n) is 4.30. The van der Waals surface area contributed by atoms with Crippen LogP contribution in [-0.2, 0) is 6.54 Å². The number of nitrogens with zero attached hydrogens (tertiary/aromatic N) is 3. The molecule has 0 radical (unpaired) electrons. The molecule has 0 unspecified atom stereocenters. The molecular formula is C14H10ClN3O2. The summed E-state index contributed by atoms with van der Waals surface area (Å²) >= 11 is 5.98. The lowest BCUT2D eigenvalue weighted by Gasteiger charge is -2.06. The minimum Gasteiger partial charge on any atom is -0.304 e. The zero-order chi connectivity index (χ0) is 14.1. The Balaban J connectivity index is 1.97. The highest BCUT2D eigenvalue weighted by Gasteiger charge is 2.12. The van der Waals surface area contributed by atoms with Gasteiger partial charge in [-0.2, -0.15) is 5.10 Å². The van der Waals surface area contributed by atoms with Crippen LogP contribution in [0.25, 0.3) is 5.52 Å². The van der Waals surface area contributed by atoms with Gasteiger partial charge >= 0.3 is 0 Å². The summed E-state index contributed by atoms with van der Waals surface area (Å²) in [4.78, 5) is 24.4. The van der Waals surface area contributed by atoms with Crippen LogP contribution in [0, 0.1) is 0 Å². The Morgan fingerprint density at radius 2 is 2.00 bits per heavy atom. The summed E-state index contributed by atoms with van der Waals surface area (Å²) in [5, 5.41) is 4.35. The third-order valence-corrected chi connectivity index (χ3v) is 3.36. The van der Waals surface area contributed by atoms with Gasteiger partial charge in [0.15, 0.2) is 5.78 Å². The number of hydrogen-bond acceptors (Lipinski definition) is 3. The number of fused-ring (bicyclic) bond motifs is 1. The molecule has 0 spiro atoms. The molecular weight excluding hydrogens is 278 g/mol. The fourth-order valence-electron chi connectivity index (χ4n) is 2.01. The second-order valence-corrected chi connectivity index (χ2v) is 4.70. The van der Waals surface area contributed by atoms with Gasteiger partial charge in [-0.3, -0.25) is 9.59 Å². The van der Waals surface area contributed by atoms with Gasteiger partial charge in [0.25, 0.3) is 5.56 Å². The molecule has 2 heterocycles. The number of ketones is 1. The van der Waals surface area contributed by atoms with Crippen molar-refractivity contribution in [3.63, 3.8) is 0 Å². The molecule has 0 aliphatic heterocycles. The predicted molar refractivity (Wildman–Crippen MR) is 75.2 cm³/mol. The van der Waals surface area contributed by atoms with Crippen molar-refractivity contribution in [2.45, 2.75) is 6.54 Å². The maximum Gasteiger partial charge on any atom is 0.276 e. The molecule has 0 aliphatic rings. The molecule has 0 aliphatic carbocycles. The number of aromatic nitrogens is 3. The van der Waals surface area contributed by atoms with E-state index in [1.807, 2.05) is 0 Å². The minimum atomic E-state index is -0.259. The third-order valence-electron chi connectivity index (χ3n) is 3.03. The molecule has 0 saturated heterocycles. The van der Waals surface area contributed by atoms with Crippen LogP contribution in [0.3, 0.4) is 0 Å². The van der Waals surface area contributed by atoms with Crippen molar-refractivity contribution in [1.82, 2.24) is 14.2 Å². The summed E-state index contributed by atoms with van der Waals surface area (Å²) in [7, 11) is 0. The van der Waals surface area contributed by atoms with E-state index >= 15 is 0 Å². The SMILES string of the molecule is O=C(Cn1ccn2nccc2c1=O)c1ccccc1Cl. The van der Waals surface area contributed by atoms with Gasteiger partial charge in [-0.1, -0.05) is 23.7 Å². The summed E-state index contributed by atoms with van der Waals surface area (Å²) in [6.07, 6.45) is 4.71. The van der Waals surface area contributed by atoms with Gasteiger partial charge in [-0.25, -0.2) is 4.52 Å². The number of benzene rings is 1. The maximum atomic E-state index is 12.2. The smallest absolute Gasteiger partial charge is 0.276 e. The Bertz CT molecular complexity index is 851. The highest BCUT2D eigenvalue weighted by Crippen LogP contribution is 2.15. The summed E-state index contributed by atoms with van der Waals surface area (Å²) in [5.74, 6) is -0.207. The molecule has 1 aromatic carbocycles. The van der Waals surface area contributed by atoms with Crippen LogP contribution in [0.1, 0.15) is 10.4 Å². The van der Waals surface area contributed by atoms with Crippen LogP contribution in [0.2, 0.25) is 5.02 Å². The van der Waals surface area contributed by atoms with E-state index in [0.29, 0.717) is 16.1 Å². The standard InChI is InChI=1S/C14H10ClN3O2/c15-11-4-2-1-3-10(11)13(19)9-17-7-8-18-12(14(17)20)5-6-16-18/h1-8H,9H2. The normalized spacial score (nSPS) is 10.8. The predicted octanol–water partition coefficient (Wildman–Crippen LogP) is 2.03. The van der Waals surface area contributed by atoms with Crippen LogP contribution < -0.4 is 5.56 Å². The molecule has 0 N–H and O–H groups in total. The molecule has 0 saturated carbocycles. The Hall–Kier alpha value is -2.40. The highest BCUT2D eigenvalue weighted by atomic mass is 35.5. The summed E-state index contributed by atoms with van der Waals surface area (Å²) < 4.78 is 2.82. The Kier molecular flexibility index (Phi) is 3.12. The van der Waals surface area contributed by atoms with Crippen molar-refractivity contribution < 1.29 is 4.79 Å². The lowest BCUT2D eigenvalue weighted by atomic mass is 10.1. The highest BCUT2D eigenvalue weighted by molar-refractivity contribution is 6.33. The maximum absolute atomic E-state index is 12.2. The van der Waals surface area contributed by atoms with E-state index < -0.39 is 0 Å². The topological polar surface area (TPSA) is 56.4 Å². The Morgan fingerprint density at radius 1 is 1.20 bits per heavy atom. The van der Waals surface area contributed by atoms with Crippen molar-refractivity contribution >= 4 is 22.9 Å². The quantitative estimate of drug-likeness (QED) is 0.693. The van der Waals surface area contributed by atoms with Crippen molar-refractivity contribution in [2.75, 3.05) is 0 Å². The van der Waals surface area contributed by atoms with Crippen LogP contribution >= 0.6 is 11.6 Å². The molecule has 5 nitrogen and oxygen atoms in total. The molecule has 3 aromatic rings. The first-order valence-electron chi connectivity index (χ1n) is 5.97. The van der Waals surface area contributed by atoms with Gasteiger partial charge in [-0.05, 0) is 18.2 Å². The molecule has 20 heavy (non-hydrogen) atoms. The fourth-order valence-corrected chi connectivity index (χ4v) is 2.25.